The average Bonchev–Trinajstić information content (AvgIpc) is 3.06. The molecule has 0 saturated carbocycles. The van der Waals surface area contributed by atoms with E-state index < -0.39 is 0 Å². The zero-order chi connectivity index (χ0) is 20.1. The summed E-state index contributed by atoms with van der Waals surface area (Å²) in [5.41, 5.74) is 12.4. The fourth-order valence-corrected chi connectivity index (χ4v) is 3.40. The summed E-state index contributed by atoms with van der Waals surface area (Å²) in [6.07, 6.45) is 6.17. The zero-order valence-electron chi connectivity index (χ0n) is 15.5. The zero-order valence-corrected chi connectivity index (χ0v) is 16.4. The van der Waals surface area contributed by atoms with Crippen molar-refractivity contribution >= 4 is 29.4 Å². The fourth-order valence-electron chi connectivity index (χ4n) is 2.91. The number of hydrogen-bond donors (Lipinski definition) is 5. The molecule has 0 fully saturated rings. The van der Waals surface area contributed by atoms with Gasteiger partial charge in [-0.2, -0.15) is 0 Å². The molecule has 1 aromatic carbocycles. The molecule has 1 unspecified atom stereocenters. The number of nitrogens with two attached hydrogens (primary N) is 2. The lowest BCUT2D eigenvalue weighted by Gasteiger charge is -2.29. The minimum Gasteiger partial charge on any atom is -0.370 e. The number of rotatable bonds is 8. The third-order valence-electron chi connectivity index (χ3n) is 4.34. The molecule has 2 aliphatic rings. The van der Waals surface area contributed by atoms with Crippen molar-refractivity contribution in [2.45, 2.75) is 19.1 Å². The number of carbonyl (C=O) groups excluding carboxylic acids is 1. The summed E-state index contributed by atoms with van der Waals surface area (Å²) in [7, 11) is 0. The number of fused-ring (bicyclic) bond motifs is 1. The molecule has 0 aromatic heterocycles. The van der Waals surface area contributed by atoms with E-state index in [1.54, 1.807) is 30.1 Å². The highest BCUT2D eigenvalue weighted by atomic mass is 32.2. The number of guanidine groups is 1. The van der Waals surface area contributed by atoms with Gasteiger partial charge in [0.05, 0.1) is 10.7 Å². The highest BCUT2D eigenvalue weighted by Crippen LogP contribution is 2.28. The summed E-state index contributed by atoms with van der Waals surface area (Å²) in [5.74, 6) is -0.300. The molecular weight excluding hydrogens is 381 g/mol. The van der Waals surface area contributed by atoms with E-state index in [4.69, 9.17) is 11.5 Å². The number of hydrogen-bond acceptors (Lipinski definition) is 5. The molecule has 2 aliphatic heterocycles. The van der Waals surface area contributed by atoms with E-state index in [-0.39, 0.29) is 24.0 Å². The van der Waals surface area contributed by atoms with Crippen molar-refractivity contribution in [1.29, 1.82) is 0 Å². The lowest BCUT2D eigenvalue weighted by molar-refractivity contribution is 0.244. The first-order valence-corrected chi connectivity index (χ1v) is 10.1. The Morgan fingerprint density at radius 2 is 2.21 bits per heavy atom. The summed E-state index contributed by atoms with van der Waals surface area (Å²) in [6.45, 7) is 1.57. The van der Waals surface area contributed by atoms with E-state index in [9.17, 15) is 9.18 Å². The molecule has 0 spiro atoms. The maximum Gasteiger partial charge on any atom is 0.327 e. The molecule has 28 heavy (non-hydrogen) atoms. The van der Waals surface area contributed by atoms with Gasteiger partial charge in [-0.15, -0.1) is 11.8 Å². The van der Waals surface area contributed by atoms with Gasteiger partial charge in [-0.3, -0.25) is 9.89 Å². The maximum atomic E-state index is 14.5. The monoisotopic (exact) mass is 405 g/mol. The number of carbonyl (C=O) groups is 1. The van der Waals surface area contributed by atoms with Crippen molar-refractivity contribution in [3.63, 3.8) is 0 Å². The van der Waals surface area contributed by atoms with Gasteiger partial charge in [-0.1, -0.05) is 6.07 Å². The summed E-state index contributed by atoms with van der Waals surface area (Å²) < 4.78 is 14.5. The van der Waals surface area contributed by atoms with Crippen molar-refractivity contribution in [1.82, 2.24) is 16.0 Å². The number of nitrogens with zero attached hydrogens (tertiary/aromatic N) is 2. The maximum absolute atomic E-state index is 14.5. The molecule has 0 radical (unpaired) electrons. The van der Waals surface area contributed by atoms with Crippen LogP contribution in [-0.2, 0) is 6.54 Å². The molecular formula is C18H24FN7OS. The fraction of sp³-hybridized carbons (Fsp3) is 0.333. The van der Waals surface area contributed by atoms with E-state index >= 15 is 0 Å². The van der Waals surface area contributed by atoms with Crippen LogP contribution in [0.4, 0.5) is 14.9 Å². The van der Waals surface area contributed by atoms with Crippen LogP contribution in [0.2, 0.25) is 0 Å². The topological polar surface area (TPSA) is 121 Å². The molecule has 0 bridgehead atoms. The number of benzene rings is 1. The van der Waals surface area contributed by atoms with Gasteiger partial charge in [0, 0.05) is 30.4 Å². The van der Waals surface area contributed by atoms with Gasteiger partial charge in [-0.05, 0) is 37.4 Å². The van der Waals surface area contributed by atoms with Crippen LogP contribution in [0.1, 0.15) is 12.0 Å². The predicted octanol–water partition coefficient (Wildman–Crippen LogP) is 1.13. The molecule has 2 heterocycles. The Hall–Kier alpha value is -2.72. The highest BCUT2D eigenvalue weighted by Gasteiger charge is 2.30. The number of halogens is 1. The molecule has 3 rings (SSSR count). The summed E-state index contributed by atoms with van der Waals surface area (Å²) >= 11 is 1.57. The predicted molar refractivity (Wildman–Crippen MR) is 111 cm³/mol. The third kappa shape index (κ3) is 4.76. The number of urea groups is 1. The van der Waals surface area contributed by atoms with Crippen molar-refractivity contribution in [3.8, 4) is 0 Å². The molecule has 7 N–H and O–H groups in total. The quantitative estimate of drug-likeness (QED) is 0.251. The van der Waals surface area contributed by atoms with Crippen molar-refractivity contribution < 1.29 is 9.18 Å². The van der Waals surface area contributed by atoms with Crippen LogP contribution < -0.4 is 32.3 Å². The molecule has 2 amide bonds. The van der Waals surface area contributed by atoms with Gasteiger partial charge in [0.2, 0.25) is 0 Å². The molecule has 150 valence electrons. The first-order chi connectivity index (χ1) is 13.5. The van der Waals surface area contributed by atoms with E-state index in [2.05, 4.69) is 20.9 Å². The highest BCUT2D eigenvalue weighted by molar-refractivity contribution is 8.02. The normalized spacial score (nSPS) is 18.0. The molecule has 1 atom stereocenters. The second-order valence-electron chi connectivity index (χ2n) is 6.35. The van der Waals surface area contributed by atoms with E-state index in [1.807, 2.05) is 12.3 Å². The number of anilines is 1. The van der Waals surface area contributed by atoms with Gasteiger partial charge in [0.25, 0.3) is 0 Å². The minimum absolute atomic E-state index is 0.0678. The largest absolute Gasteiger partial charge is 0.370 e. The molecule has 10 heteroatoms. The van der Waals surface area contributed by atoms with Crippen LogP contribution in [0.3, 0.4) is 0 Å². The molecule has 1 aromatic rings. The van der Waals surface area contributed by atoms with E-state index in [1.165, 1.54) is 11.0 Å². The van der Waals surface area contributed by atoms with Crippen LogP contribution in [0, 0.1) is 5.82 Å². The van der Waals surface area contributed by atoms with Gasteiger partial charge >= 0.3 is 6.03 Å². The van der Waals surface area contributed by atoms with Crippen LogP contribution >= 0.6 is 11.8 Å². The first kappa shape index (κ1) is 20.0. The molecule has 8 nitrogen and oxygen atoms in total. The second kappa shape index (κ2) is 8.98. The SMILES string of the molecule is CSC1=CC2=CN(c3ccc(CNCCCN=C(N)N)c(F)c3)C(=O)NC2N1. The van der Waals surface area contributed by atoms with Gasteiger partial charge in [-0.25, -0.2) is 9.18 Å². The Bertz CT molecular complexity index is 835. The van der Waals surface area contributed by atoms with Crippen LogP contribution in [0.15, 0.2) is 46.1 Å². The Morgan fingerprint density at radius 1 is 1.39 bits per heavy atom. The van der Waals surface area contributed by atoms with Gasteiger partial charge in [0.1, 0.15) is 12.0 Å². The van der Waals surface area contributed by atoms with Crippen molar-refractivity contribution in [2.75, 3.05) is 24.2 Å². The summed E-state index contributed by atoms with van der Waals surface area (Å²) in [5, 5.41) is 10.2. The smallest absolute Gasteiger partial charge is 0.327 e. The lowest BCUT2D eigenvalue weighted by Crippen LogP contribution is -2.51. The van der Waals surface area contributed by atoms with Crippen LogP contribution in [0.25, 0.3) is 0 Å². The van der Waals surface area contributed by atoms with Crippen molar-refractivity contribution in [3.05, 3.63) is 52.5 Å². The van der Waals surface area contributed by atoms with Gasteiger partial charge in [0.15, 0.2) is 5.96 Å². The van der Waals surface area contributed by atoms with E-state index in [0.717, 1.165) is 17.0 Å². The molecule has 0 saturated heterocycles. The van der Waals surface area contributed by atoms with Crippen LogP contribution in [0.5, 0.6) is 0 Å². The Balaban J connectivity index is 1.62. The van der Waals surface area contributed by atoms with Gasteiger partial charge < -0.3 is 27.4 Å². The number of amides is 2. The second-order valence-corrected chi connectivity index (χ2v) is 7.20. The number of aliphatic imine (C=N–C) groups is 1. The number of nitrogens with one attached hydrogen (secondary N) is 3. The Kier molecular flexibility index (Phi) is 6.42. The Labute approximate surface area is 167 Å². The summed E-state index contributed by atoms with van der Waals surface area (Å²) in [6, 6.07) is 4.48. The molecule has 0 aliphatic carbocycles. The standard InChI is InChI=1S/C18H24FN7OS/c1-28-15-7-12-10-26(18(27)25-16(12)24-15)13-4-3-11(14(19)8-13)9-22-5-2-6-23-17(20)21/h3-4,7-8,10,16,22,24H,2,5-6,9H2,1H3,(H,25,27)(H4,20,21,23). The van der Waals surface area contributed by atoms with E-state index in [0.29, 0.717) is 30.9 Å². The minimum atomic E-state index is -0.368. The van der Waals surface area contributed by atoms with Crippen molar-refractivity contribution in [2.24, 2.45) is 16.5 Å². The average molecular weight is 406 g/mol. The van der Waals surface area contributed by atoms with Crippen LogP contribution in [-0.4, -0.2) is 37.5 Å². The first-order valence-electron chi connectivity index (χ1n) is 8.86. The lowest BCUT2D eigenvalue weighted by atomic mass is 10.1. The number of thioether (sulfide) groups is 1. The summed E-state index contributed by atoms with van der Waals surface area (Å²) in [4.78, 5) is 17.7. The third-order valence-corrected chi connectivity index (χ3v) is 5.01. The Morgan fingerprint density at radius 3 is 2.93 bits per heavy atom.